The number of nitrogens with one attached hydrogen (secondary N) is 2. The molecule has 170 valence electrons. The number of benzene rings is 2. The van der Waals surface area contributed by atoms with Crippen molar-refractivity contribution in [2.24, 2.45) is 0 Å². The lowest BCUT2D eigenvalue weighted by molar-refractivity contribution is -0.138. The van der Waals surface area contributed by atoms with E-state index < -0.39 is 56.8 Å². The van der Waals surface area contributed by atoms with Gasteiger partial charge in [0.25, 0.3) is 0 Å². The second-order valence-electron chi connectivity index (χ2n) is 6.40. The fourth-order valence-corrected chi connectivity index (χ4v) is 4.45. The molecule has 0 aliphatic heterocycles. The van der Waals surface area contributed by atoms with Crippen LogP contribution in [0.3, 0.4) is 0 Å². The van der Waals surface area contributed by atoms with E-state index in [0.29, 0.717) is 11.8 Å². The quantitative estimate of drug-likeness (QED) is 0.535. The Balaban J connectivity index is 2.20. The van der Waals surface area contributed by atoms with E-state index in [9.17, 15) is 35.2 Å². The number of thioether (sulfide) groups is 1. The molecule has 0 spiro atoms. The summed E-state index contributed by atoms with van der Waals surface area (Å²) < 4.78 is 93.6. The number of alkyl halides is 3. The topological polar surface area (TPSA) is 75.3 Å². The van der Waals surface area contributed by atoms with Gasteiger partial charge in [-0.25, -0.2) is 17.2 Å². The van der Waals surface area contributed by atoms with Crippen LogP contribution < -0.4 is 10.0 Å². The van der Waals surface area contributed by atoms with Gasteiger partial charge < -0.3 is 5.32 Å². The summed E-state index contributed by atoms with van der Waals surface area (Å²) in [6, 6.07) is 5.24. The van der Waals surface area contributed by atoms with Crippen LogP contribution in [0.15, 0.2) is 47.4 Å². The van der Waals surface area contributed by atoms with Crippen molar-refractivity contribution in [1.29, 1.82) is 0 Å². The maximum Gasteiger partial charge on any atom is 0.416 e. The summed E-state index contributed by atoms with van der Waals surface area (Å²) in [7, 11) is -4.41. The first kappa shape index (κ1) is 25.1. The molecule has 2 N–H and O–H groups in total. The first-order chi connectivity index (χ1) is 14.5. The molecule has 0 heterocycles. The zero-order valence-corrected chi connectivity index (χ0v) is 17.8. The number of carbonyl (C=O) groups excluding carboxylic acids is 1. The third kappa shape index (κ3) is 6.91. The Bertz CT molecular complexity index is 1030. The molecule has 1 unspecified atom stereocenters. The molecule has 5 nitrogen and oxygen atoms in total. The molecular formula is C19H19F5N2O3S2. The first-order valence-corrected chi connectivity index (χ1v) is 11.7. The van der Waals surface area contributed by atoms with E-state index in [1.165, 1.54) is 23.9 Å². The second kappa shape index (κ2) is 10.4. The predicted octanol–water partition coefficient (Wildman–Crippen LogP) is 3.70. The van der Waals surface area contributed by atoms with Crippen LogP contribution in [0.2, 0.25) is 0 Å². The van der Waals surface area contributed by atoms with Gasteiger partial charge in [-0.05, 0) is 48.3 Å². The van der Waals surface area contributed by atoms with E-state index in [1.54, 1.807) is 6.26 Å². The molecule has 0 aromatic heterocycles. The lowest BCUT2D eigenvalue weighted by atomic mass is 10.1. The fourth-order valence-electron chi connectivity index (χ4n) is 2.66. The molecule has 2 aromatic carbocycles. The molecule has 0 aliphatic carbocycles. The highest BCUT2D eigenvalue weighted by Crippen LogP contribution is 2.32. The van der Waals surface area contributed by atoms with Gasteiger partial charge in [-0.3, -0.25) is 4.79 Å². The highest BCUT2D eigenvalue weighted by Gasteiger charge is 2.34. The van der Waals surface area contributed by atoms with Gasteiger partial charge in [0.1, 0.15) is 22.6 Å². The van der Waals surface area contributed by atoms with Crippen molar-refractivity contribution in [2.75, 3.05) is 12.0 Å². The minimum absolute atomic E-state index is 0.0101. The van der Waals surface area contributed by atoms with Crippen molar-refractivity contribution in [2.45, 2.75) is 30.1 Å². The molecule has 1 amide bonds. The van der Waals surface area contributed by atoms with E-state index >= 15 is 0 Å². The molecule has 0 saturated heterocycles. The van der Waals surface area contributed by atoms with Crippen LogP contribution in [0.1, 0.15) is 17.5 Å². The van der Waals surface area contributed by atoms with Crippen molar-refractivity contribution < 1.29 is 35.2 Å². The van der Waals surface area contributed by atoms with E-state index in [4.69, 9.17) is 0 Å². The van der Waals surface area contributed by atoms with Gasteiger partial charge in [0, 0.05) is 6.54 Å². The standard InChI is InChI=1S/C19H19F5N2O3S2/c1-30-9-8-16(26-31(28,29)17-5-3-2-4-15(17)21)18(27)25-11-12-6-7-13(20)10-14(12)19(22,23)24/h2-7,10,16,26H,8-9,11H2,1H3,(H,25,27). The Morgan fingerprint density at radius 2 is 1.81 bits per heavy atom. The number of hydrogen-bond acceptors (Lipinski definition) is 4. The number of amides is 1. The number of rotatable bonds is 9. The Morgan fingerprint density at radius 3 is 2.42 bits per heavy atom. The van der Waals surface area contributed by atoms with Gasteiger partial charge in [0.2, 0.25) is 15.9 Å². The minimum Gasteiger partial charge on any atom is -0.351 e. The van der Waals surface area contributed by atoms with Gasteiger partial charge in [0.15, 0.2) is 0 Å². The zero-order chi connectivity index (χ0) is 23.2. The molecule has 2 aromatic rings. The number of halogens is 5. The predicted molar refractivity (Wildman–Crippen MR) is 107 cm³/mol. The summed E-state index contributed by atoms with van der Waals surface area (Å²) in [4.78, 5) is 11.9. The van der Waals surface area contributed by atoms with Gasteiger partial charge in [-0.15, -0.1) is 0 Å². The zero-order valence-electron chi connectivity index (χ0n) is 16.2. The Hall–Kier alpha value is -2.18. The van der Waals surface area contributed by atoms with Crippen molar-refractivity contribution in [3.63, 3.8) is 0 Å². The summed E-state index contributed by atoms with van der Waals surface area (Å²) in [5.74, 6) is -2.65. The van der Waals surface area contributed by atoms with Crippen LogP contribution in [-0.4, -0.2) is 32.4 Å². The van der Waals surface area contributed by atoms with Crippen LogP contribution in [0, 0.1) is 11.6 Å². The third-order valence-corrected chi connectivity index (χ3v) is 6.33. The van der Waals surface area contributed by atoms with Gasteiger partial charge in [0.05, 0.1) is 5.56 Å². The smallest absolute Gasteiger partial charge is 0.351 e. The largest absolute Gasteiger partial charge is 0.416 e. The lowest BCUT2D eigenvalue weighted by Crippen LogP contribution is -2.47. The molecule has 0 radical (unpaired) electrons. The van der Waals surface area contributed by atoms with Crippen molar-refractivity contribution >= 4 is 27.7 Å². The highest BCUT2D eigenvalue weighted by atomic mass is 32.2. The van der Waals surface area contributed by atoms with Crippen molar-refractivity contribution in [1.82, 2.24) is 10.0 Å². The summed E-state index contributed by atoms with van der Waals surface area (Å²) in [5, 5.41) is 2.24. The Kier molecular flexibility index (Phi) is 8.43. The second-order valence-corrected chi connectivity index (χ2v) is 9.07. The molecule has 0 aliphatic rings. The minimum atomic E-state index is -4.84. The average molecular weight is 482 g/mol. The number of sulfonamides is 1. The third-order valence-electron chi connectivity index (χ3n) is 4.18. The SMILES string of the molecule is CSCCC(NS(=O)(=O)c1ccccc1F)C(=O)NCc1ccc(F)cc1C(F)(F)F. The molecule has 12 heteroatoms. The van der Waals surface area contributed by atoms with E-state index in [1.807, 2.05) is 0 Å². The molecular weight excluding hydrogens is 463 g/mol. The normalized spacial score (nSPS) is 13.1. The summed E-state index contributed by atoms with van der Waals surface area (Å²) in [5.41, 5.74) is -1.64. The van der Waals surface area contributed by atoms with E-state index in [-0.39, 0.29) is 12.0 Å². The Labute approximate surface area is 180 Å². The van der Waals surface area contributed by atoms with Crippen molar-refractivity contribution in [3.8, 4) is 0 Å². The molecule has 0 fully saturated rings. The van der Waals surface area contributed by atoms with Gasteiger partial charge in [-0.1, -0.05) is 18.2 Å². The summed E-state index contributed by atoms with van der Waals surface area (Å²) >= 11 is 1.31. The maximum absolute atomic E-state index is 13.9. The van der Waals surface area contributed by atoms with Crippen LogP contribution in [0.5, 0.6) is 0 Å². The number of hydrogen-bond donors (Lipinski definition) is 2. The van der Waals surface area contributed by atoms with E-state index in [2.05, 4.69) is 10.0 Å². The van der Waals surface area contributed by atoms with Crippen LogP contribution in [0.25, 0.3) is 0 Å². The van der Waals surface area contributed by atoms with Gasteiger partial charge in [-0.2, -0.15) is 29.7 Å². The molecule has 0 saturated carbocycles. The number of carbonyl (C=O) groups is 1. The average Bonchev–Trinajstić information content (AvgIpc) is 2.69. The molecule has 31 heavy (non-hydrogen) atoms. The summed E-state index contributed by atoms with van der Waals surface area (Å²) in [6.07, 6.45) is -3.11. The Morgan fingerprint density at radius 1 is 1.13 bits per heavy atom. The van der Waals surface area contributed by atoms with Crippen molar-refractivity contribution in [3.05, 3.63) is 65.2 Å². The fraction of sp³-hybridized carbons (Fsp3) is 0.316. The monoisotopic (exact) mass is 482 g/mol. The molecule has 1 atom stereocenters. The molecule has 2 rings (SSSR count). The van der Waals surface area contributed by atoms with Crippen LogP contribution >= 0.6 is 11.8 Å². The van der Waals surface area contributed by atoms with E-state index in [0.717, 1.165) is 24.3 Å². The highest BCUT2D eigenvalue weighted by molar-refractivity contribution is 7.98. The van der Waals surface area contributed by atoms with Crippen LogP contribution in [0.4, 0.5) is 22.0 Å². The molecule has 0 bridgehead atoms. The first-order valence-electron chi connectivity index (χ1n) is 8.85. The van der Waals surface area contributed by atoms with Crippen LogP contribution in [-0.2, 0) is 27.5 Å². The lowest BCUT2D eigenvalue weighted by Gasteiger charge is -2.19. The van der Waals surface area contributed by atoms with Gasteiger partial charge >= 0.3 is 6.18 Å². The summed E-state index contributed by atoms with van der Waals surface area (Å²) in [6.45, 7) is -0.606. The maximum atomic E-state index is 13.9.